The third-order valence-electron chi connectivity index (χ3n) is 3.98. The number of nitrogens with one attached hydrogen (secondary N) is 1. The van der Waals surface area contributed by atoms with Crippen LogP contribution in [-0.2, 0) is 10.3 Å². The molecule has 1 fully saturated rings. The van der Waals surface area contributed by atoms with Crippen molar-refractivity contribution in [1.29, 1.82) is 0 Å². The lowest BCUT2D eigenvalue weighted by molar-refractivity contribution is -0.119. The lowest BCUT2D eigenvalue weighted by Gasteiger charge is -2.31. The van der Waals surface area contributed by atoms with E-state index in [-0.39, 0.29) is 5.91 Å². The van der Waals surface area contributed by atoms with Crippen LogP contribution in [0.3, 0.4) is 0 Å². The van der Waals surface area contributed by atoms with Gasteiger partial charge in [0.25, 0.3) is 0 Å². The minimum atomic E-state index is -0.451. The molecule has 1 N–H and O–H groups in total. The van der Waals surface area contributed by atoms with Crippen LogP contribution in [0.5, 0.6) is 5.75 Å². The van der Waals surface area contributed by atoms with Gasteiger partial charge < -0.3 is 10.1 Å². The molecular weight excluding hydrogens is 330 g/mol. The highest BCUT2D eigenvalue weighted by molar-refractivity contribution is 9.10. The highest BCUT2D eigenvalue weighted by Crippen LogP contribution is 2.39. The number of carbonyl (C=O) groups excluding carboxylic acids is 1. The first-order valence-electron chi connectivity index (χ1n) is 6.86. The predicted octanol–water partition coefficient (Wildman–Crippen LogP) is 3.61. The van der Waals surface area contributed by atoms with E-state index in [1.54, 1.807) is 7.11 Å². The molecule has 1 aliphatic heterocycles. The van der Waals surface area contributed by atoms with Gasteiger partial charge in [-0.15, -0.1) is 0 Å². The summed E-state index contributed by atoms with van der Waals surface area (Å²) in [7, 11) is 1.65. The number of amides is 1. The van der Waals surface area contributed by atoms with Crippen molar-refractivity contribution in [2.24, 2.45) is 0 Å². The quantitative estimate of drug-likeness (QED) is 0.922. The van der Waals surface area contributed by atoms with E-state index in [1.807, 2.05) is 36.4 Å². The van der Waals surface area contributed by atoms with E-state index in [4.69, 9.17) is 4.74 Å². The maximum atomic E-state index is 11.9. The second-order valence-electron chi connectivity index (χ2n) is 5.19. The van der Waals surface area contributed by atoms with Crippen LogP contribution >= 0.6 is 15.9 Å². The lowest BCUT2D eigenvalue weighted by Crippen LogP contribution is -2.39. The van der Waals surface area contributed by atoms with Gasteiger partial charge >= 0.3 is 0 Å². The topological polar surface area (TPSA) is 38.3 Å². The fourth-order valence-electron chi connectivity index (χ4n) is 2.89. The Morgan fingerprint density at radius 3 is 2.48 bits per heavy atom. The lowest BCUT2D eigenvalue weighted by atomic mass is 9.81. The molecule has 1 aliphatic rings. The highest BCUT2D eigenvalue weighted by Gasteiger charge is 2.40. The maximum Gasteiger partial charge on any atom is 0.221 e. The number of rotatable bonds is 3. The summed E-state index contributed by atoms with van der Waals surface area (Å²) in [6, 6.07) is 16.0. The van der Waals surface area contributed by atoms with Crippen molar-refractivity contribution in [3.63, 3.8) is 0 Å². The molecule has 1 saturated heterocycles. The van der Waals surface area contributed by atoms with Crippen molar-refractivity contribution >= 4 is 21.8 Å². The van der Waals surface area contributed by atoms with Gasteiger partial charge in [0.1, 0.15) is 5.75 Å². The minimum Gasteiger partial charge on any atom is -0.497 e. The number of ether oxygens (including phenoxy) is 1. The summed E-state index contributed by atoms with van der Waals surface area (Å²) in [5.74, 6) is 0.901. The maximum absolute atomic E-state index is 11.9. The Kier molecular flexibility index (Phi) is 3.72. The molecule has 0 bridgehead atoms. The van der Waals surface area contributed by atoms with Gasteiger partial charge in [-0.1, -0.05) is 40.2 Å². The summed E-state index contributed by atoms with van der Waals surface area (Å²) in [6.45, 7) is 0. The van der Waals surface area contributed by atoms with Crippen molar-refractivity contribution in [2.75, 3.05) is 7.11 Å². The van der Waals surface area contributed by atoms with E-state index < -0.39 is 5.54 Å². The summed E-state index contributed by atoms with van der Waals surface area (Å²) < 4.78 is 6.22. The number of hydrogen-bond acceptors (Lipinski definition) is 2. The Morgan fingerprint density at radius 1 is 1.14 bits per heavy atom. The average Bonchev–Trinajstić information content (AvgIpc) is 2.91. The van der Waals surface area contributed by atoms with Crippen LogP contribution in [0.4, 0.5) is 0 Å². The van der Waals surface area contributed by atoms with Gasteiger partial charge in [0.2, 0.25) is 5.91 Å². The SMILES string of the molecule is COc1ccc(C2(c3cccc(Br)c3)CCC(=O)N2)cc1. The van der Waals surface area contributed by atoms with Crippen LogP contribution in [0.2, 0.25) is 0 Å². The summed E-state index contributed by atoms with van der Waals surface area (Å²) in [4.78, 5) is 11.9. The number of benzene rings is 2. The number of hydrogen-bond donors (Lipinski definition) is 1. The van der Waals surface area contributed by atoms with Crippen LogP contribution < -0.4 is 10.1 Å². The smallest absolute Gasteiger partial charge is 0.221 e. The van der Waals surface area contributed by atoms with E-state index in [1.165, 1.54) is 0 Å². The Balaban J connectivity index is 2.10. The first kappa shape index (κ1) is 14.1. The fourth-order valence-corrected chi connectivity index (χ4v) is 3.29. The molecular formula is C17H16BrNO2. The molecule has 0 radical (unpaired) electrons. The van der Waals surface area contributed by atoms with Gasteiger partial charge in [0, 0.05) is 10.9 Å². The van der Waals surface area contributed by atoms with Crippen LogP contribution in [0, 0.1) is 0 Å². The fraction of sp³-hybridized carbons (Fsp3) is 0.235. The molecule has 3 rings (SSSR count). The van der Waals surface area contributed by atoms with E-state index >= 15 is 0 Å². The van der Waals surface area contributed by atoms with Gasteiger partial charge in [-0.2, -0.15) is 0 Å². The molecule has 1 amide bonds. The minimum absolute atomic E-state index is 0.0887. The molecule has 0 saturated carbocycles. The van der Waals surface area contributed by atoms with Gasteiger partial charge in [-0.3, -0.25) is 4.79 Å². The molecule has 21 heavy (non-hydrogen) atoms. The molecule has 108 valence electrons. The molecule has 1 unspecified atom stereocenters. The Labute approximate surface area is 132 Å². The first-order valence-corrected chi connectivity index (χ1v) is 7.65. The Hall–Kier alpha value is -1.81. The molecule has 2 aromatic rings. The van der Waals surface area contributed by atoms with E-state index in [2.05, 4.69) is 33.4 Å². The number of methoxy groups -OCH3 is 1. The molecule has 1 heterocycles. The van der Waals surface area contributed by atoms with Crippen molar-refractivity contribution in [1.82, 2.24) is 5.32 Å². The van der Waals surface area contributed by atoms with Crippen LogP contribution in [0.15, 0.2) is 53.0 Å². The van der Waals surface area contributed by atoms with E-state index in [0.29, 0.717) is 6.42 Å². The van der Waals surface area contributed by atoms with Gasteiger partial charge in [-0.05, 0) is 41.8 Å². The Morgan fingerprint density at radius 2 is 1.90 bits per heavy atom. The third kappa shape index (κ3) is 2.56. The van der Waals surface area contributed by atoms with Crippen LogP contribution in [-0.4, -0.2) is 13.0 Å². The second-order valence-corrected chi connectivity index (χ2v) is 6.11. The molecule has 3 nitrogen and oxygen atoms in total. The van der Waals surface area contributed by atoms with Crippen molar-refractivity contribution < 1.29 is 9.53 Å². The number of carbonyl (C=O) groups is 1. The standard InChI is InChI=1S/C17H16BrNO2/c1-21-15-7-5-12(6-8-15)17(10-9-16(20)19-17)13-3-2-4-14(18)11-13/h2-8,11H,9-10H2,1H3,(H,19,20). The third-order valence-corrected chi connectivity index (χ3v) is 4.47. The van der Waals surface area contributed by atoms with Crippen LogP contribution in [0.25, 0.3) is 0 Å². The zero-order chi connectivity index (χ0) is 14.9. The zero-order valence-corrected chi connectivity index (χ0v) is 13.3. The van der Waals surface area contributed by atoms with E-state index in [9.17, 15) is 4.79 Å². The molecule has 1 atom stereocenters. The summed E-state index contributed by atoms with van der Waals surface area (Å²) in [6.07, 6.45) is 1.30. The number of halogens is 1. The molecule has 0 aromatic heterocycles. The monoisotopic (exact) mass is 345 g/mol. The molecule has 4 heteroatoms. The Bertz CT molecular complexity index is 669. The van der Waals surface area contributed by atoms with E-state index in [0.717, 1.165) is 27.8 Å². The second kappa shape index (κ2) is 5.53. The normalized spacial score (nSPS) is 21.1. The summed E-state index contributed by atoms with van der Waals surface area (Å²) in [5.41, 5.74) is 1.72. The van der Waals surface area contributed by atoms with Crippen LogP contribution in [0.1, 0.15) is 24.0 Å². The van der Waals surface area contributed by atoms with Crippen molar-refractivity contribution in [3.8, 4) is 5.75 Å². The molecule has 0 spiro atoms. The zero-order valence-electron chi connectivity index (χ0n) is 11.7. The average molecular weight is 346 g/mol. The van der Waals surface area contributed by atoms with Crippen molar-refractivity contribution in [2.45, 2.75) is 18.4 Å². The van der Waals surface area contributed by atoms with Gasteiger partial charge in [0.15, 0.2) is 0 Å². The summed E-state index contributed by atoms with van der Waals surface area (Å²) >= 11 is 3.51. The first-order chi connectivity index (χ1) is 10.1. The highest BCUT2D eigenvalue weighted by atomic mass is 79.9. The van der Waals surface area contributed by atoms with Gasteiger partial charge in [-0.25, -0.2) is 0 Å². The van der Waals surface area contributed by atoms with Gasteiger partial charge in [0.05, 0.1) is 12.6 Å². The van der Waals surface area contributed by atoms with Crippen molar-refractivity contribution in [3.05, 3.63) is 64.1 Å². The predicted molar refractivity (Wildman–Crippen MR) is 85.3 cm³/mol. The molecule has 0 aliphatic carbocycles. The summed E-state index contributed by atoms with van der Waals surface area (Å²) in [5, 5.41) is 3.16. The largest absolute Gasteiger partial charge is 0.497 e. The molecule has 2 aromatic carbocycles.